The van der Waals surface area contributed by atoms with E-state index in [9.17, 15) is 4.39 Å². The minimum atomic E-state index is -0.249. The highest BCUT2D eigenvalue weighted by atomic mass is 19.1. The third-order valence-corrected chi connectivity index (χ3v) is 4.88. The van der Waals surface area contributed by atoms with Crippen LogP contribution in [0.25, 0.3) is 10.8 Å². The summed E-state index contributed by atoms with van der Waals surface area (Å²) in [7, 11) is 0. The molecule has 1 N–H and O–H groups in total. The standard InChI is InChI=1S/C25H22FNO/c1-18-7-2-5-12-24(18)27-16-23-22-11-4-3-9-20(22)13-14-25(23)28-17-19-8-6-10-21(26)15-19/h2-15,27H,16-17H2,1H3. The van der Waals surface area contributed by atoms with E-state index in [1.807, 2.05) is 36.4 Å². The second-order valence-corrected chi connectivity index (χ2v) is 6.85. The summed E-state index contributed by atoms with van der Waals surface area (Å²) in [6, 6.07) is 27.1. The number of rotatable bonds is 6. The number of nitrogens with one attached hydrogen (secondary N) is 1. The van der Waals surface area contributed by atoms with Gasteiger partial charge in [-0.2, -0.15) is 0 Å². The highest BCUT2D eigenvalue weighted by Crippen LogP contribution is 2.30. The van der Waals surface area contributed by atoms with Crippen LogP contribution in [-0.4, -0.2) is 0 Å². The monoisotopic (exact) mass is 371 g/mol. The Kier molecular flexibility index (Phi) is 5.24. The highest BCUT2D eigenvalue weighted by molar-refractivity contribution is 5.88. The number of hydrogen-bond acceptors (Lipinski definition) is 2. The molecule has 28 heavy (non-hydrogen) atoms. The van der Waals surface area contributed by atoms with Crippen molar-refractivity contribution in [2.45, 2.75) is 20.1 Å². The van der Waals surface area contributed by atoms with Gasteiger partial charge in [-0.25, -0.2) is 4.39 Å². The molecule has 0 aromatic heterocycles. The van der Waals surface area contributed by atoms with Crippen molar-refractivity contribution in [1.29, 1.82) is 0 Å². The Hall–Kier alpha value is -3.33. The number of ether oxygens (including phenoxy) is 1. The van der Waals surface area contributed by atoms with E-state index in [2.05, 4.69) is 42.6 Å². The second-order valence-electron chi connectivity index (χ2n) is 6.85. The molecule has 0 saturated heterocycles. The molecule has 0 spiro atoms. The fourth-order valence-electron chi connectivity index (χ4n) is 3.38. The van der Waals surface area contributed by atoms with Crippen LogP contribution in [0.5, 0.6) is 5.75 Å². The fraction of sp³-hybridized carbons (Fsp3) is 0.120. The Morgan fingerprint density at radius 2 is 1.68 bits per heavy atom. The van der Waals surface area contributed by atoms with Gasteiger partial charge in [0.25, 0.3) is 0 Å². The van der Waals surface area contributed by atoms with Crippen LogP contribution in [0.2, 0.25) is 0 Å². The average molecular weight is 371 g/mol. The molecule has 3 heteroatoms. The number of aryl methyl sites for hydroxylation is 1. The predicted octanol–water partition coefficient (Wildman–Crippen LogP) is 6.48. The van der Waals surface area contributed by atoms with Crippen molar-refractivity contribution in [1.82, 2.24) is 0 Å². The van der Waals surface area contributed by atoms with Crippen LogP contribution in [0.1, 0.15) is 16.7 Å². The van der Waals surface area contributed by atoms with Crippen molar-refractivity contribution in [2.75, 3.05) is 5.32 Å². The van der Waals surface area contributed by atoms with E-state index >= 15 is 0 Å². The first-order chi connectivity index (χ1) is 13.7. The van der Waals surface area contributed by atoms with Crippen LogP contribution in [0.3, 0.4) is 0 Å². The van der Waals surface area contributed by atoms with Gasteiger partial charge in [-0.15, -0.1) is 0 Å². The molecule has 0 aliphatic heterocycles. The molecule has 0 fully saturated rings. The van der Waals surface area contributed by atoms with E-state index in [0.717, 1.165) is 28.0 Å². The quantitative estimate of drug-likeness (QED) is 0.419. The first-order valence-electron chi connectivity index (χ1n) is 9.38. The minimum absolute atomic E-state index is 0.249. The molecule has 0 bridgehead atoms. The number of hydrogen-bond donors (Lipinski definition) is 1. The van der Waals surface area contributed by atoms with Gasteiger partial charge in [0.05, 0.1) is 0 Å². The summed E-state index contributed by atoms with van der Waals surface area (Å²) < 4.78 is 19.6. The van der Waals surface area contributed by atoms with Crippen LogP contribution in [0.15, 0.2) is 84.9 Å². The molecule has 0 aliphatic carbocycles. The lowest BCUT2D eigenvalue weighted by Gasteiger charge is -2.16. The molecule has 0 atom stereocenters. The SMILES string of the molecule is Cc1ccccc1NCc1c(OCc2cccc(F)c2)ccc2ccccc12. The minimum Gasteiger partial charge on any atom is -0.489 e. The van der Waals surface area contributed by atoms with Crippen molar-refractivity contribution in [2.24, 2.45) is 0 Å². The van der Waals surface area contributed by atoms with Crippen LogP contribution in [0, 0.1) is 12.7 Å². The molecule has 0 aliphatic rings. The Morgan fingerprint density at radius 3 is 2.54 bits per heavy atom. The van der Waals surface area contributed by atoms with Gasteiger partial charge in [0.15, 0.2) is 0 Å². The number of para-hydroxylation sites is 1. The van der Waals surface area contributed by atoms with Gasteiger partial charge in [0.2, 0.25) is 0 Å². The second kappa shape index (κ2) is 8.13. The van der Waals surface area contributed by atoms with Crippen LogP contribution in [-0.2, 0) is 13.2 Å². The van der Waals surface area contributed by atoms with Crippen molar-refractivity contribution in [3.8, 4) is 5.75 Å². The van der Waals surface area contributed by atoms with E-state index in [1.54, 1.807) is 6.07 Å². The lowest BCUT2D eigenvalue weighted by Crippen LogP contribution is -2.05. The maximum absolute atomic E-state index is 13.5. The molecular formula is C25H22FNO. The van der Waals surface area contributed by atoms with Crippen LogP contribution in [0.4, 0.5) is 10.1 Å². The molecule has 0 heterocycles. The van der Waals surface area contributed by atoms with E-state index in [1.165, 1.54) is 23.1 Å². The molecular weight excluding hydrogens is 349 g/mol. The molecule has 4 aromatic rings. The van der Waals surface area contributed by atoms with Crippen molar-refractivity contribution < 1.29 is 9.13 Å². The first kappa shape index (κ1) is 18.1. The smallest absolute Gasteiger partial charge is 0.125 e. The van der Waals surface area contributed by atoms with Gasteiger partial charge in [-0.3, -0.25) is 0 Å². The normalized spacial score (nSPS) is 10.8. The molecule has 4 rings (SSSR count). The van der Waals surface area contributed by atoms with E-state index in [0.29, 0.717) is 13.2 Å². The average Bonchev–Trinajstić information content (AvgIpc) is 2.72. The van der Waals surface area contributed by atoms with E-state index < -0.39 is 0 Å². The fourth-order valence-corrected chi connectivity index (χ4v) is 3.38. The summed E-state index contributed by atoms with van der Waals surface area (Å²) in [6.45, 7) is 3.06. The van der Waals surface area contributed by atoms with Crippen LogP contribution >= 0.6 is 0 Å². The number of benzene rings is 4. The topological polar surface area (TPSA) is 21.3 Å². The zero-order valence-corrected chi connectivity index (χ0v) is 15.8. The van der Waals surface area contributed by atoms with E-state index in [-0.39, 0.29) is 5.82 Å². The zero-order valence-electron chi connectivity index (χ0n) is 15.8. The van der Waals surface area contributed by atoms with Gasteiger partial charge in [-0.05, 0) is 53.1 Å². The first-order valence-corrected chi connectivity index (χ1v) is 9.38. The molecule has 4 aromatic carbocycles. The maximum atomic E-state index is 13.5. The lowest BCUT2D eigenvalue weighted by atomic mass is 10.0. The third kappa shape index (κ3) is 3.99. The summed E-state index contributed by atoms with van der Waals surface area (Å²) in [5.74, 6) is 0.560. The zero-order chi connectivity index (χ0) is 19.3. The van der Waals surface area contributed by atoms with Crippen molar-refractivity contribution >= 4 is 16.5 Å². The van der Waals surface area contributed by atoms with Crippen molar-refractivity contribution in [3.63, 3.8) is 0 Å². The molecule has 140 valence electrons. The molecule has 0 amide bonds. The molecule has 0 unspecified atom stereocenters. The highest BCUT2D eigenvalue weighted by Gasteiger charge is 2.10. The number of halogens is 1. The van der Waals surface area contributed by atoms with Crippen molar-refractivity contribution in [3.05, 3.63) is 107 Å². The van der Waals surface area contributed by atoms with Gasteiger partial charge >= 0.3 is 0 Å². The Labute approximate surface area is 164 Å². The van der Waals surface area contributed by atoms with Gasteiger partial charge in [0.1, 0.15) is 18.2 Å². The number of anilines is 1. The summed E-state index contributed by atoms with van der Waals surface area (Å²) in [5, 5.41) is 5.85. The summed E-state index contributed by atoms with van der Waals surface area (Å²) in [5.41, 5.74) is 4.21. The third-order valence-electron chi connectivity index (χ3n) is 4.88. The molecule has 0 radical (unpaired) electrons. The van der Waals surface area contributed by atoms with Gasteiger partial charge in [0, 0.05) is 17.8 Å². The summed E-state index contributed by atoms with van der Waals surface area (Å²) >= 11 is 0. The van der Waals surface area contributed by atoms with Gasteiger partial charge in [-0.1, -0.05) is 60.7 Å². The Bertz CT molecular complexity index is 1110. The maximum Gasteiger partial charge on any atom is 0.125 e. The largest absolute Gasteiger partial charge is 0.489 e. The Morgan fingerprint density at radius 1 is 0.857 bits per heavy atom. The van der Waals surface area contributed by atoms with Crippen LogP contribution < -0.4 is 10.1 Å². The number of fused-ring (bicyclic) bond motifs is 1. The lowest BCUT2D eigenvalue weighted by molar-refractivity contribution is 0.303. The molecule has 0 saturated carbocycles. The predicted molar refractivity (Wildman–Crippen MR) is 113 cm³/mol. The summed E-state index contributed by atoms with van der Waals surface area (Å²) in [4.78, 5) is 0. The molecule has 2 nitrogen and oxygen atoms in total. The van der Waals surface area contributed by atoms with E-state index in [4.69, 9.17) is 4.74 Å². The summed E-state index contributed by atoms with van der Waals surface area (Å²) in [6.07, 6.45) is 0. The Balaban J connectivity index is 1.63. The van der Waals surface area contributed by atoms with Gasteiger partial charge < -0.3 is 10.1 Å².